The number of benzene rings is 1. The zero-order valence-electron chi connectivity index (χ0n) is 14.0. The Morgan fingerprint density at radius 3 is 2.48 bits per heavy atom. The van der Waals surface area contributed by atoms with Crippen LogP contribution in [0, 0.1) is 0 Å². The first-order valence-corrected chi connectivity index (χ1v) is 7.87. The van der Waals surface area contributed by atoms with Crippen molar-refractivity contribution in [3.63, 3.8) is 0 Å². The van der Waals surface area contributed by atoms with Crippen LogP contribution in [-0.4, -0.2) is 34.4 Å². The Labute approximate surface area is 136 Å². The molecule has 5 nitrogen and oxygen atoms in total. The van der Waals surface area contributed by atoms with Crippen LogP contribution in [0.1, 0.15) is 39.7 Å². The number of rotatable bonds is 4. The molecule has 3 rings (SSSR count). The second-order valence-corrected chi connectivity index (χ2v) is 7.07. The highest BCUT2D eigenvalue weighted by atomic mass is 16.7. The predicted octanol–water partition coefficient (Wildman–Crippen LogP) is 2.48. The smallest absolute Gasteiger partial charge is 0.481 e. The Morgan fingerprint density at radius 1 is 1.22 bits per heavy atom. The summed E-state index contributed by atoms with van der Waals surface area (Å²) in [5, 5.41) is 9.95. The van der Waals surface area contributed by atoms with Crippen molar-refractivity contribution in [1.29, 1.82) is 0 Å². The van der Waals surface area contributed by atoms with Gasteiger partial charge in [0.2, 0.25) is 0 Å². The third-order valence-electron chi connectivity index (χ3n) is 4.94. The van der Waals surface area contributed by atoms with Crippen LogP contribution in [0.5, 0.6) is 0 Å². The van der Waals surface area contributed by atoms with Crippen LogP contribution in [0.25, 0.3) is 10.9 Å². The van der Waals surface area contributed by atoms with Gasteiger partial charge in [-0.1, -0.05) is 12.1 Å². The number of aliphatic carboxylic acids is 1. The first-order valence-electron chi connectivity index (χ1n) is 7.87. The zero-order valence-corrected chi connectivity index (χ0v) is 14.0. The van der Waals surface area contributed by atoms with Crippen LogP contribution >= 0.6 is 0 Å². The molecule has 0 atom stereocenters. The highest BCUT2D eigenvalue weighted by molar-refractivity contribution is 6.65. The molecular weight excluding hydrogens is 293 g/mol. The monoisotopic (exact) mass is 315 g/mol. The summed E-state index contributed by atoms with van der Waals surface area (Å²) in [6.45, 7) is 8.09. The molecule has 2 N–H and O–H groups in total. The molecule has 1 fully saturated rings. The number of carboxylic acids is 1. The van der Waals surface area contributed by atoms with E-state index in [0.717, 1.165) is 21.9 Å². The molecule has 0 unspecified atom stereocenters. The summed E-state index contributed by atoms with van der Waals surface area (Å²) in [5.74, 6) is -0.799. The minimum atomic E-state index is -0.799. The molecule has 2 aromatic rings. The fraction of sp³-hybridized carbons (Fsp3) is 0.471. The van der Waals surface area contributed by atoms with Crippen LogP contribution in [-0.2, 0) is 20.5 Å². The van der Waals surface area contributed by atoms with Gasteiger partial charge in [-0.05, 0) is 51.2 Å². The topological polar surface area (TPSA) is 71.6 Å². The first kappa shape index (κ1) is 16.1. The maximum absolute atomic E-state index is 10.9. The largest absolute Gasteiger partial charge is 0.495 e. The lowest BCUT2D eigenvalue weighted by Crippen LogP contribution is -2.41. The number of fused-ring (bicyclic) bond motifs is 1. The zero-order chi connectivity index (χ0) is 16.8. The summed E-state index contributed by atoms with van der Waals surface area (Å²) in [6.07, 6.45) is 2.46. The number of aromatic amines is 1. The van der Waals surface area contributed by atoms with Gasteiger partial charge in [-0.3, -0.25) is 4.79 Å². The lowest BCUT2D eigenvalue weighted by molar-refractivity contribution is -0.136. The normalized spacial score (nSPS) is 19.4. The summed E-state index contributed by atoms with van der Waals surface area (Å²) < 4.78 is 12.3. The number of carbonyl (C=O) groups is 1. The van der Waals surface area contributed by atoms with E-state index in [4.69, 9.17) is 14.4 Å². The molecule has 0 spiro atoms. The molecule has 2 heterocycles. The van der Waals surface area contributed by atoms with Crippen molar-refractivity contribution in [3.8, 4) is 0 Å². The summed E-state index contributed by atoms with van der Waals surface area (Å²) in [4.78, 5) is 14.1. The third kappa shape index (κ3) is 2.77. The Morgan fingerprint density at radius 2 is 1.87 bits per heavy atom. The maximum atomic E-state index is 10.9. The molecular formula is C17H22BNO4. The maximum Gasteiger partial charge on any atom is 0.495 e. The predicted molar refractivity (Wildman–Crippen MR) is 90.0 cm³/mol. The Balaban J connectivity index is 2.01. The first-order chi connectivity index (χ1) is 10.7. The highest BCUT2D eigenvalue weighted by Gasteiger charge is 2.52. The number of aromatic nitrogens is 1. The molecule has 0 amide bonds. The summed E-state index contributed by atoms with van der Waals surface area (Å²) in [6, 6.07) is 5.93. The van der Waals surface area contributed by atoms with E-state index in [9.17, 15) is 4.79 Å². The lowest BCUT2D eigenvalue weighted by atomic mass is 9.76. The van der Waals surface area contributed by atoms with E-state index in [1.807, 2.05) is 52.1 Å². The Kier molecular flexibility index (Phi) is 3.77. The fourth-order valence-electron chi connectivity index (χ4n) is 2.89. The quantitative estimate of drug-likeness (QED) is 0.850. The van der Waals surface area contributed by atoms with Crippen LogP contribution in [0.4, 0.5) is 0 Å². The number of hydrogen-bond acceptors (Lipinski definition) is 3. The van der Waals surface area contributed by atoms with Gasteiger partial charge in [0, 0.05) is 23.5 Å². The van der Waals surface area contributed by atoms with Crippen molar-refractivity contribution < 1.29 is 19.2 Å². The summed E-state index contributed by atoms with van der Waals surface area (Å²) >= 11 is 0. The van der Waals surface area contributed by atoms with Gasteiger partial charge in [-0.25, -0.2) is 0 Å². The van der Waals surface area contributed by atoms with Crippen LogP contribution in [0.3, 0.4) is 0 Å². The van der Waals surface area contributed by atoms with Crippen molar-refractivity contribution >= 4 is 29.5 Å². The second-order valence-electron chi connectivity index (χ2n) is 7.07. The summed E-state index contributed by atoms with van der Waals surface area (Å²) in [7, 11) is -0.455. The highest BCUT2D eigenvalue weighted by Crippen LogP contribution is 2.37. The lowest BCUT2D eigenvalue weighted by Gasteiger charge is -2.32. The number of hydrogen-bond donors (Lipinski definition) is 2. The molecule has 0 aliphatic carbocycles. The molecule has 6 heteroatoms. The third-order valence-corrected chi connectivity index (χ3v) is 4.94. The molecule has 1 aromatic heterocycles. The van der Waals surface area contributed by atoms with E-state index in [1.165, 1.54) is 0 Å². The minimum Gasteiger partial charge on any atom is -0.481 e. The average molecular weight is 315 g/mol. The average Bonchev–Trinajstić information content (AvgIpc) is 2.95. The Hall–Kier alpha value is -1.79. The van der Waals surface area contributed by atoms with Crippen molar-refractivity contribution in [2.24, 2.45) is 0 Å². The fourth-order valence-corrected chi connectivity index (χ4v) is 2.89. The molecule has 1 aliphatic rings. The molecule has 1 saturated heterocycles. The molecule has 23 heavy (non-hydrogen) atoms. The van der Waals surface area contributed by atoms with Gasteiger partial charge >= 0.3 is 13.1 Å². The molecule has 0 radical (unpaired) electrons. The van der Waals surface area contributed by atoms with E-state index in [-0.39, 0.29) is 6.42 Å². The van der Waals surface area contributed by atoms with Gasteiger partial charge in [0.05, 0.1) is 11.2 Å². The molecule has 1 aromatic carbocycles. The van der Waals surface area contributed by atoms with Gasteiger partial charge in [0.1, 0.15) is 0 Å². The van der Waals surface area contributed by atoms with Crippen molar-refractivity contribution in [3.05, 3.63) is 30.0 Å². The molecule has 1 aliphatic heterocycles. The number of aryl methyl sites for hydroxylation is 1. The van der Waals surface area contributed by atoms with Crippen LogP contribution in [0.15, 0.2) is 24.4 Å². The molecule has 122 valence electrons. The SMILES string of the molecule is CC1(C)OB(c2cccc3[nH]cc(CCC(=O)O)c23)OC1(C)C. The van der Waals surface area contributed by atoms with E-state index in [0.29, 0.717) is 6.42 Å². The van der Waals surface area contributed by atoms with Crippen molar-refractivity contribution in [1.82, 2.24) is 4.98 Å². The number of H-pyrrole nitrogens is 1. The number of carboxylic acid groups (broad SMARTS) is 1. The standard InChI is InChI=1S/C17H22BNO4/c1-16(2)17(3,4)23-18(22-16)12-6-5-7-13-15(12)11(10-19-13)8-9-14(20)21/h5-7,10,19H,8-9H2,1-4H3,(H,20,21). The van der Waals surface area contributed by atoms with Crippen LogP contribution < -0.4 is 5.46 Å². The van der Waals surface area contributed by atoms with Gasteiger partial charge in [-0.15, -0.1) is 0 Å². The van der Waals surface area contributed by atoms with E-state index >= 15 is 0 Å². The van der Waals surface area contributed by atoms with Crippen molar-refractivity contribution in [2.75, 3.05) is 0 Å². The molecule has 0 saturated carbocycles. The second kappa shape index (κ2) is 5.39. The Bertz CT molecular complexity index is 734. The van der Waals surface area contributed by atoms with E-state index in [1.54, 1.807) is 0 Å². The van der Waals surface area contributed by atoms with Gasteiger partial charge in [0.15, 0.2) is 0 Å². The van der Waals surface area contributed by atoms with Gasteiger partial charge < -0.3 is 19.4 Å². The van der Waals surface area contributed by atoms with Gasteiger partial charge in [0.25, 0.3) is 0 Å². The van der Waals surface area contributed by atoms with Gasteiger partial charge in [-0.2, -0.15) is 0 Å². The number of nitrogens with one attached hydrogen (secondary N) is 1. The minimum absolute atomic E-state index is 0.102. The summed E-state index contributed by atoms with van der Waals surface area (Å²) in [5.41, 5.74) is 2.09. The van der Waals surface area contributed by atoms with Crippen molar-refractivity contribution in [2.45, 2.75) is 51.7 Å². The van der Waals surface area contributed by atoms with Crippen LogP contribution in [0.2, 0.25) is 0 Å². The van der Waals surface area contributed by atoms with E-state index < -0.39 is 24.3 Å². The van der Waals surface area contributed by atoms with E-state index in [2.05, 4.69) is 4.98 Å². The molecule has 0 bridgehead atoms.